The maximum Gasteiger partial charge on any atom is 0.123 e. The van der Waals surface area contributed by atoms with E-state index >= 15 is 0 Å². The Morgan fingerprint density at radius 2 is 1.58 bits per heavy atom. The van der Waals surface area contributed by atoms with Gasteiger partial charge in [0, 0.05) is 23.4 Å². The van der Waals surface area contributed by atoms with Gasteiger partial charge in [-0.1, -0.05) is 76.2 Å². The van der Waals surface area contributed by atoms with Crippen LogP contribution < -0.4 is 5.73 Å². The van der Waals surface area contributed by atoms with E-state index in [9.17, 15) is 9.50 Å². The van der Waals surface area contributed by atoms with Crippen LogP contribution in [-0.2, 0) is 13.2 Å². The molecule has 3 N–H and O–H groups in total. The van der Waals surface area contributed by atoms with E-state index in [1.165, 1.54) is 12.1 Å². The number of hydrogen-bond acceptors (Lipinski definition) is 3. The Labute approximate surface area is 184 Å². The van der Waals surface area contributed by atoms with Gasteiger partial charge in [-0.15, -0.1) is 0 Å². The molecule has 0 fully saturated rings. The summed E-state index contributed by atoms with van der Waals surface area (Å²) in [6.07, 6.45) is 4.10. The number of benzene rings is 2. The summed E-state index contributed by atoms with van der Waals surface area (Å²) in [5.41, 5.74) is 13.4. The summed E-state index contributed by atoms with van der Waals surface area (Å²) in [5, 5.41) is 10.3. The standard InChI is InChI=1S/C27H31FN2O/c1-17(2)26-23(14-11-19-7-5-6-8-21(19)15-29)25(20-9-12-22(28)13-10-20)24(16-31)27(30-26)18(3)4/h5-14,17-18,31H,15-16,29H2,1-4H3/b14-11+. The molecule has 0 atom stereocenters. The average molecular weight is 419 g/mol. The van der Waals surface area contributed by atoms with E-state index in [1.807, 2.05) is 30.3 Å². The van der Waals surface area contributed by atoms with Crippen molar-refractivity contribution in [2.45, 2.75) is 52.7 Å². The Morgan fingerprint density at radius 3 is 2.16 bits per heavy atom. The van der Waals surface area contributed by atoms with Gasteiger partial charge in [-0.2, -0.15) is 0 Å². The minimum Gasteiger partial charge on any atom is -0.392 e. The van der Waals surface area contributed by atoms with Gasteiger partial charge in [0.05, 0.1) is 12.3 Å². The molecular formula is C27H31FN2O. The first-order valence-corrected chi connectivity index (χ1v) is 10.8. The topological polar surface area (TPSA) is 59.1 Å². The largest absolute Gasteiger partial charge is 0.392 e. The van der Waals surface area contributed by atoms with Gasteiger partial charge in [0.2, 0.25) is 0 Å². The molecule has 0 radical (unpaired) electrons. The molecule has 3 aromatic rings. The van der Waals surface area contributed by atoms with Crippen LogP contribution in [0.25, 0.3) is 23.3 Å². The van der Waals surface area contributed by atoms with Crippen LogP contribution in [0, 0.1) is 5.82 Å². The highest BCUT2D eigenvalue weighted by molar-refractivity contribution is 5.85. The molecule has 0 spiro atoms. The van der Waals surface area contributed by atoms with Crippen molar-refractivity contribution in [2.24, 2.45) is 5.73 Å². The summed E-state index contributed by atoms with van der Waals surface area (Å²) in [5.74, 6) is 0.0363. The van der Waals surface area contributed by atoms with E-state index in [-0.39, 0.29) is 24.3 Å². The van der Waals surface area contributed by atoms with Gasteiger partial charge in [-0.3, -0.25) is 4.98 Å². The van der Waals surface area contributed by atoms with E-state index in [0.29, 0.717) is 6.54 Å². The van der Waals surface area contributed by atoms with Crippen LogP contribution >= 0.6 is 0 Å². The van der Waals surface area contributed by atoms with E-state index in [2.05, 4.69) is 33.8 Å². The lowest BCUT2D eigenvalue weighted by atomic mass is 9.87. The molecule has 0 saturated carbocycles. The normalized spacial score (nSPS) is 11.8. The molecule has 0 unspecified atom stereocenters. The number of hydrogen-bond donors (Lipinski definition) is 2. The quantitative estimate of drug-likeness (QED) is 0.476. The van der Waals surface area contributed by atoms with Gasteiger partial charge in [0.25, 0.3) is 0 Å². The number of aliphatic hydroxyl groups is 1. The smallest absolute Gasteiger partial charge is 0.123 e. The van der Waals surface area contributed by atoms with Crippen molar-refractivity contribution in [2.75, 3.05) is 0 Å². The fourth-order valence-electron chi connectivity index (χ4n) is 3.92. The second-order valence-corrected chi connectivity index (χ2v) is 8.36. The third-order valence-electron chi connectivity index (χ3n) is 5.49. The predicted octanol–water partition coefficient (Wildman–Crippen LogP) is 6.26. The van der Waals surface area contributed by atoms with Crippen molar-refractivity contribution < 1.29 is 9.50 Å². The Bertz CT molecular complexity index is 1070. The van der Waals surface area contributed by atoms with Crippen LogP contribution in [0.15, 0.2) is 48.5 Å². The van der Waals surface area contributed by atoms with Crippen molar-refractivity contribution in [3.8, 4) is 11.1 Å². The monoisotopic (exact) mass is 418 g/mol. The van der Waals surface area contributed by atoms with Gasteiger partial charge in [-0.05, 0) is 46.2 Å². The third kappa shape index (κ3) is 4.92. The Morgan fingerprint density at radius 1 is 0.935 bits per heavy atom. The molecular weight excluding hydrogens is 387 g/mol. The Balaban J connectivity index is 2.34. The van der Waals surface area contributed by atoms with E-state index in [4.69, 9.17) is 10.7 Å². The second kappa shape index (κ2) is 9.99. The number of aliphatic hydroxyl groups excluding tert-OH is 1. The number of halogens is 1. The summed E-state index contributed by atoms with van der Waals surface area (Å²) in [7, 11) is 0. The molecule has 4 heteroatoms. The molecule has 0 aliphatic carbocycles. The molecule has 0 saturated heterocycles. The van der Waals surface area contributed by atoms with Crippen LogP contribution in [0.4, 0.5) is 4.39 Å². The first-order valence-electron chi connectivity index (χ1n) is 10.8. The molecule has 0 aliphatic rings. The van der Waals surface area contributed by atoms with Crippen LogP contribution in [0.5, 0.6) is 0 Å². The van der Waals surface area contributed by atoms with Crippen molar-refractivity contribution in [1.29, 1.82) is 0 Å². The van der Waals surface area contributed by atoms with Crippen molar-refractivity contribution in [3.63, 3.8) is 0 Å². The number of pyridine rings is 1. The van der Waals surface area contributed by atoms with Crippen molar-refractivity contribution >= 4 is 12.2 Å². The van der Waals surface area contributed by atoms with Gasteiger partial charge in [-0.25, -0.2) is 4.39 Å². The average Bonchev–Trinajstić information content (AvgIpc) is 2.77. The van der Waals surface area contributed by atoms with Crippen LogP contribution in [0.1, 0.15) is 73.2 Å². The molecule has 3 nitrogen and oxygen atoms in total. The van der Waals surface area contributed by atoms with Crippen molar-refractivity contribution in [3.05, 3.63) is 88.0 Å². The number of nitrogens with two attached hydrogens (primary N) is 1. The zero-order valence-corrected chi connectivity index (χ0v) is 18.7. The minimum atomic E-state index is -0.287. The predicted molar refractivity (Wildman–Crippen MR) is 127 cm³/mol. The maximum absolute atomic E-state index is 13.7. The molecule has 1 heterocycles. The Hall–Kier alpha value is -2.82. The lowest BCUT2D eigenvalue weighted by molar-refractivity contribution is 0.280. The van der Waals surface area contributed by atoms with Crippen molar-refractivity contribution in [1.82, 2.24) is 4.98 Å². The second-order valence-electron chi connectivity index (χ2n) is 8.36. The maximum atomic E-state index is 13.7. The molecule has 3 rings (SSSR count). The molecule has 162 valence electrons. The molecule has 1 aromatic heterocycles. The first kappa shape index (κ1) is 22.9. The highest BCUT2D eigenvalue weighted by Crippen LogP contribution is 2.37. The molecule has 0 amide bonds. The van der Waals surface area contributed by atoms with Gasteiger partial charge in [0.1, 0.15) is 5.82 Å². The van der Waals surface area contributed by atoms with E-state index < -0.39 is 0 Å². The summed E-state index contributed by atoms with van der Waals surface area (Å²) in [6, 6.07) is 14.5. The zero-order chi connectivity index (χ0) is 22.5. The SMILES string of the molecule is CC(C)c1nc(C(C)C)c(CO)c(-c2ccc(F)cc2)c1/C=C/c1ccccc1CN. The van der Waals surface area contributed by atoms with Gasteiger partial charge < -0.3 is 10.8 Å². The highest BCUT2D eigenvalue weighted by atomic mass is 19.1. The van der Waals surface area contributed by atoms with Crippen LogP contribution in [0.3, 0.4) is 0 Å². The van der Waals surface area contributed by atoms with E-state index in [1.54, 1.807) is 12.1 Å². The van der Waals surface area contributed by atoms with Crippen LogP contribution in [0.2, 0.25) is 0 Å². The molecule has 2 aromatic carbocycles. The fraction of sp³-hybridized carbons (Fsp3) is 0.296. The first-order chi connectivity index (χ1) is 14.9. The summed E-state index contributed by atoms with van der Waals surface area (Å²) in [4.78, 5) is 4.99. The molecule has 0 bridgehead atoms. The van der Waals surface area contributed by atoms with Gasteiger partial charge >= 0.3 is 0 Å². The zero-order valence-electron chi connectivity index (χ0n) is 18.7. The number of nitrogens with zero attached hydrogens (tertiary/aromatic N) is 1. The highest BCUT2D eigenvalue weighted by Gasteiger charge is 2.22. The summed E-state index contributed by atoms with van der Waals surface area (Å²) in [6.45, 7) is 8.70. The minimum absolute atomic E-state index is 0.133. The molecule has 0 aliphatic heterocycles. The lowest BCUT2D eigenvalue weighted by Crippen LogP contribution is -2.10. The Kier molecular flexibility index (Phi) is 7.37. The van der Waals surface area contributed by atoms with Gasteiger partial charge in [0.15, 0.2) is 0 Å². The number of rotatable bonds is 7. The molecule has 31 heavy (non-hydrogen) atoms. The lowest BCUT2D eigenvalue weighted by Gasteiger charge is -2.23. The fourth-order valence-corrected chi connectivity index (χ4v) is 3.92. The third-order valence-corrected chi connectivity index (χ3v) is 5.49. The van der Waals surface area contributed by atoms with E-state index in [0.717, 1.165) is 44.8 Å². The number of aromatic nitrogens is 1. The summed E-state index contributed by atoms with van der Waals surface area (Å²) >= 11 is 0. The van der Waals surface area contributed by atoms with Crippen LogP contribution in [-0.4, -0.2) is 10.1 Å². The summed E-state index contributed by atoms with van der Waals surface area (Å²) < 4.78 is 13.7.